The summed E-state index contributed by atoms with van der Waals surface area (Å²) in [6, 6.07) is 0. The Labute approximate surface area is 98.6 Å². The van der Waals surface area contributed by atoms with Crippen LogP contribution in [0.3, 0.4) is 0 Å². The zero-order valence-electron chi connectivity index (χ0n) is 10.8. The Morgan fingerprint density at radius 2 is 1.88 bits per heavy atom. The summed E-state index contributed by atoms with van der Waals surface area (Å²) in [5.74, 6) is 1.87. The SMILES string of the molecule is CCNC(C)(C)C(=O)N1CC2CCCC2C1. The second kappa shape index (κ2) is 4.36. The molecule has 2 rings (SSSR count). The lowest BCUT2D eigenvalue weighted by Gasteiger charge is -2.30. The Balaban J connectivity index is 1.96. The number of fused-ring (bicyclic) bond motifs is 1. The van der Waals surface area contributed by atoms with Gasteiger partial charge in [0.05, 0.1) is 5.54 Å². The van der Waals surface area contributed by atoms with E-state index in [1.165, 1.54) is 19.3 Å². The molecule has 92 valence electrons. The van der Waals surface area contributed by atoms with Gasteiger partial charge in [-0.25, -0.2) is 0 Å². The highest BCUT2D eigenvalue weighted by atomic mass is 16.2. The lowest BCUT2D eigenvalue weighted by Crippen LogP contribution is -2.53. The molecule has 2 aliphatic rings. The number of rotatable bonds is 3. The first-order valence-electron chi connectivity index (χ1n) is 6.59. The van der Waals surface area contributed by atoms with Gasteiger partial charge in [-0.3, -0.25) is 4.79 Å². The van der Waals surface area contributed by atoms with Crippen LogP contribution in [0.2, 0.25) is 0 Å². The Bertz CT molecular complexity index is 263. The second-order valence-electron chi connectivity index (χ2n) is 5.82. The Kier molecular flexibility index (Phi) is 3.24. The standard InChI is InChI=1S/C13H24N2O/c1-4-14-13(2,3)12(16)15-8-10-6-5-7-11(10)9-15/h10-11,14H,4-9H2,1-3H3. The molecule has 1 heterocycles. The van der Waals surface area contributed by atoms with Gasteiger partial charge in [-0.1, -0.05) is 13.3 Å². The number of hydrogen-bond acceptors (Lipinski definition) is 2. The van der Waals surface area contributed by atoms with E-state index in [1.54, 1.807) is 0 Å². The molecule has 0 aromatic carbocycles. The molecule has 3 nitrogen and oxygen atoms in total. The lowest BCUT2D eigenvalue weighted by atomic mass is 10.0. The van der Waals surface area contributed by atoms with Gasteiger partial charge in [0.25, 0.3) is 0 Å². The van der Waals surface area contributed by atoms with E-state index in [0.29, 0.717) is 0 Å². The van der Waals surface area contributed by atoms with Crippen LogP contribution < -0.4 is 5.32 Å². The third kappa shape index (κ3) is 2.10. The molecular weight excluding hydrogens is 200 g/mol. The Hall–Kier alpha value is -0.570. The third-order valence-corrected chi connectivity index (χ3v) is 4.17. The smallest absolute Gasteiger partial charge is 0.242 e. The van der Waals surface area contributed by atoms with Gasteiger partial charge in [-0.15, -0.1) is 0 Å². The summed E-state index contributed by atoms with van der Waals surface area (Å²) in [4.78, 5) is 14.4. The van der Waals surface area contributed by atoms with E-state index in [4.69, 9.17) is 0 Å². The molecule has 0 radical (unpaired) electrons. The van der Waals surface area contributed by atoms with Crippen LogP contribution in [0.5, 0.6) is 0 Å². The molecule has 1 saturated carbocycles. The van der Waals surface area contributed by atoms with Crippen LogP contribution in [-0.2, 0) is 4.79 Å². The molecule has 0 aromatic rings. The molecule has 0 aromatic heterocycles. The van der Waals surface area contributed by atoms with Crippen molar-refractivity contribution in [3.05, 3.63) is 0 Å². The minimum Gasteiger partial charge on any atom is -0.341 e. The van der Waals surface area contributed by atoms with Gasteiger partial charge in [0.1, 0.15) is 0 Å². The number of nitrogens with one attached hydrogen (secondary N) is 1. The fourth-order valence-corrected chi connectivity index (χ4v) is 3.31. The molecule has 1 saturated heterocycles. The second-order valence-corrected chi connectivity index (χ2v) is 5.82. The van der Waals surface area contributed by atoms with Gasteiger partial charge in [-0.05, 0) is 45.1 Å². The monoisotopic (exact) mass is 224 g/mol. The first kappa shape index (κ1) is 11.9. The molecule has 0 bridgehead atoms. The van der Waals surface area contributed by atoms with Crippen molar-refractivity contribution in [3.63, 3.8) is 0 Å². The maximum atomic E-state index is 12.4. The molecule has 0 spiro atoms. The van der Waals surface area contributed by atoms with Crippen LogP contribution in [0.4, 0.5) is 0 Å². The van der Waals surface area contributed by atoms with E-state index < -0.39 is 5.54 Å². The molecule has 2 fully saturated rings. The van der Waals surface area contributed by atoms with Gasteiger partial charge in [0, 0.05) is 13.1 Å². The van der Waals surface area contributed by atoms with Gasteiger partial charge >= 0.3 is 0 Å². The average Bonchev–Trinajstić information content (AvgIpc) is 2.75. The topological polar surface area (TPSA) is 32.3 Å². The molecule has 2 unspecified atom stereocenters. The number of likely N-dealkylation sites (N-methyl/N-ethyl adjacent to an activating group) is 1. The summed E-state index contributed by atoms with van der Waals surface area (Å²) >= 11 is 0. The highest BCUT2D eigenvalue weighted by Crippen LogP contribution is 2.38. The van der Waals surface area contributed by atoms with Gasteiger partial charge in [0.15, 0.2) is 0 Å². The molecule has 1 amide bonds. The minimum atomic E-state index is -0.395. The van der Waals surface area contributed by atoms with E-state index in [1.807, 2.05) is 20.8 Å². The molecule has 2 atom stereocenters. The van der Waals surface area contributed by atoms with Crippen molar-refractivity contribution in [3.8, 4) is 0 Å². The van der Waals surface area contributed by atoms with Crippen LogP contribution >= 0.6 is 0 Å². The minimum absolute atomic E-state index is 0.281. The highest BCUT2D eigenvalue weighted by Gasteiger charge is 2.41. The fourth-order valence-electron chi connectivity index (χ4n) is 3.31. The lowest BCUT2D eigenvalue weighted by molar-refractivity contribution is -0.136. The summed E-state index contributed by atoms with van der Waals surface area (Å²) in [6.07, 6.45) is 4.03. The van der Waals surface area contributed by atoms with E-state index in [2.05, 4.69) is 10.2 Å². The summed E-state index contributed by atoms with van der Waals surface area (Å²) in [5.41, 5.74) is -0.395. The van der Waals surface area contributed by atoms with E-state index in [0.717, 1.165) is 31.5 Å². The summed E-state index contributed by atoms with van der Waals surface area (Å²) in [5, 5.41) is 3.27. The summed E-state index contributed by atoms with van der Waals surface area (Å²) < 4.78 is 0. The maximum absolute atomic E-state index is 12.4. The van der Waals surface area contributed by atoms with Gasteiger partial charge in [0.2, 0.25) is 5.91 Å². The van der Waals surface area contributed by atoms with E-state index >= 15 is 0 Å². The highest BCUT2D eigenvalue weighted by molar-refractivity contribution is 5.85. The van der Waals surface area contributed by atoms with Gasteiger partial charge in [-0.2, -0.15) is 0 Å². The van der Waals surface area contributed by atoms with Crippen molar-refractivity contribution >= 4 is 5.91 Å². The number of amides is 1. The molecule has 3 heteroatoms. The molecule has 16 heavy (non-hydrogen) atoms. The van der Waals surface area contributed by atoms with Crippen LogP contribution in [0, 0.1) is 11.8 Å². The summed E-state index contributed by atoms with van der Waals surface area (Å²) in [7, 11) is 0. The van der Waals surface area contributed by atoms with Gasteiger partial charge < -0.3 is 10.2 Å². The third-order valence-electron chi connectivity index (χ3n) is 4.17. The van der Waals surface area contributed by atoms with Crippen molar-refractivity contribution in [2.45, 2.75) is 45.6 Å². The predicted octanol–water partition coefficient (Wildman–Crippen LogP) is 1.63. The number of carbonyl (C=O) groups is 1. The largest absolute Gasteiger partial charge is 0.341 e. The Morgan fingerprint density at radius 1 is 1.31 bits per heavy atom. The zero-order valence-corrected chi connectivity index (χ0v) is 10.8. The van der Waals surface area contributed by atoms with E-state index in [9.17, 15) is 4.79 Å². The molecule has 1 aliphatic heterocycles. The molecular formula is C13H24N2O. The quantitative estimate of drug-likeness (QED) is 0.790. The zero-order chi connectivity index (χ0) is 11.8. The Morgan fingerprint density at radius 3 is 2.38 bits per heavy atom. The number of carbonyl (C=O) groups excluding carboxylic acids is 1. The number of hydrogen-bond donors (Lipinski definition) is 1. The van der Waals surface area contributed by atoms with Crippen molar-refractivity contribution in [2.75, 3.05) is 19.6 Å². The van der Waals surface area contributed by atoms with Crippen molar-refractivity contribution in [1.82, 2.24) is 10.2 Å². The van der Waals surface area contributed by atoms with Crippen LogP contribution in [-0.4, -0.2) is 36.0 Å². The number of likely N-dealkylation sites (tertiary alicyclic amines) is 1. The van der Waals surface area contributed by atoms with Crippen LogP contribution in [0.25, 0.3) is 0 Å². The normalized spacial score (nSPS) is 29.6. The fraction of sp³-hybridized carbons (Fsp3) is 0.923. The molecule has 1 N–H and O–H groups in total. The predicted molar refractivity (Wildman–Crippen MR) is 65.2 cm³/mol. The van der Waals surface area contributed by atoms with Crippen LogP contribution in [0.1, 0.15) is 40.0 Å². The first-order chi connectivity index (χ1) is 7.54. The van der Waals surface area contributed by atoms with Crippen LogP contribution in [0.15, 0.2) is 0 Å². The average molecular weight is 224 g/mol. The first-order valence-corrected chi connectivity index (χ1v) is 6.59. The maximum Gasteiger partial charge on any atom is 0.242 e. The number of nitrogens with zero attached hydrogens (tertiary/aromatic N) is 1. The summed E-state index contributed by atoms with van der Waals surface area (Å²) in [6.45, 7) is 8.88. The van der Waals surface area contributed by atoms with Crippen molar-refractivity contribution in [2.24, 2.45) is 11.8 Å². The van der Waals surface area contributed by atoms with E-state index in [-0.39, 0.29) is 5.91 Å². The molecule has 1 aliphatic carbocycles. The van der Waals surface area contributed by atoms with Crippen molar-refractivity contribution in [1.29, 1.82) is 0 Å². The van der Waals surface area contributed by atoms with Crippen molar-refractivity contribution < 1.29 is 4.79 Å².